The van der Waals surface area contributed by atoms with Crippen molar-refractivity contribution in [3.63, 3.8) is 0 Å². The fourth-order valence-corrected chi connectivity index (χ4v) is 3.97. The molecule has 3 rings (SSSR count). The predicted octanol–water partition coefficient (Wildman–Crippen LogP) is 7.13. The number of carbonyl (C=O) groups excluding carboxylic acids is 1. The summed E-state index contributed by atoms with van der Waals surface area (Å²) >= 11 is 3.30. The first-order valence-electron chi connectivity index (χ1n) is 12.1. The lowest BCUT2D eigenvalue weighted by atomic mass is 10.1. The van der Waals surface area contributed by atoms with Gasteiger partial charge < -0.3 is 18.9 Å². The van der Waals surface area contributed by atoms with Crippen molar-refractivity contribution in [3.8, 4) is 28.7 Å². The molecule has 3 aromatic rings. The van der Waals surface area contributed by atoms with E-state index in [4.69, 9.17) is 18.9 Å². The highest BCUT2D eigenvalue weighted by Gasteiger charge is 2.33. The number of benzene rings is 3. The van der Waals surface area contributed by atoms with Crippen molar-refractivity contribution < 1.29 is 41.8 Å². The van der Waals surface area contributed by atoms with Crippen LogP contribution in [0.1, 0.15) is 41.8 Å². The lowest BCUT2D eigenvalue weighted by Gasteiger charge is -2.15. The van der Waals surface area contributed by atoms with E-state index in [2.05, 4.69) is 26.5 Å². The molecule has 218 valence electrons. The van der Waals surface area contributed by atoms with Crippen molar-refractivity contribution in [2.75, 3.05) is 20.3 Å². The average molecular weight is 640 g/mol. The van der Waals surface area contributed by atoms with Crippen molar-refractivity contribution >= 4 is 33.7 Å². The Hall–Kier alpha value is -4.33. The highest BCUT2D eigenvalue weighted by molar-refractivity contribution is 9.10. The number of hydrogen-bond acceptors (Lipinski definition) is 8. The van der Waals surface area contributed by atoms with Gasteiger partial charge in [0.05, 0.1) is 41.5 Å². The van der Waals surface area contributed by atoms with Gasteiger partial charge in [-0.25, -0.2) is 5.43 Å². The molecule has 0 heterocycles. The molecule has 0 bridgehead atoms. The van der Waals surface area contributed by atoms with Crippen LogP contribution in [0.2, 0.25) is 0 Å². The summed E-state index contributed by atoms with van der Waals surface area (Å²) < 4.78 is 61.6. The Morgan fingerprint density at radius 1 is 1.05 bits per heavy atom. The molecule has 0 saturated carbocycles. The normalized spacial score (nSPS) is 11.3. The molecule has 14 heteroatoms. The molecule has 1 amide bonds. The lowest BCUT2D eigenvalue weighted by molar-refractivity contribution is -0.385. The standard InChI is InChI=1S/C27H25BrF3N3O7/c1-4-10-40-22-8-6-17(13-23(22)38-3)26(35)33-32-15-16-11-19(28)25(24(12-16)39-5-2)41-21-9-7-18(27(29,30)31)14-20(21)34(36)37/h6-9,11-15H,4-5,10H2,1-3H3,(H,33,35)/b32-15+. The molecule has 3 aromatic carbocycles. The molecule has 41 heavy (non-hydrogen) atoms. The second-order valence-corrected chi connectivity index (χ2v) is 9.07. The first-order chi connectivity index (χ1) is 19.5. The number of nitro groups is 1. The summed E-state index contributed by atoms with van der Waals surface area (Å²) in [6, 6.07) is 9.66. The maximum absolute atomic E-state index is 13.1. The SMILES string of the molecule is CCCOc1ccc(C(=O)N/N=C/c2cc(Br)c(Oc3ccc(C(F)(F)F)cc3[N+](=O)[O-])c(OCC)c2)cc1OC. The molecule has 0 aromatic heterocycles. The largest absolute Gasteiger partial charge is 0.493 e. The Kier molecular flexibility index (Phi) is 10.5. The van der Waals surface area contributed by atoms with E-state index >= 15 is 0 Å². The highest BCUT2D eigenvalue weighted by atomic mass is 79.9. The molecule has 0 aliphatic heterocycles. The molecule has 0 aliphatic carbocycles. The zero-order valence-corrected chi connectivity index (χ0v) is 23.7. The second-order valence-electron chi connectivity index (χ2n) is 8.22. The van der Waals surface area contributed by atoms with Crippen molar-refractivity contribution in [2.45, 2.75) is 26.4 Å². The fourth-order valence-electron chi connectivity index (χ4n) is 3.43. The molecule has 0 atom stereocenters. The monoisotopic (exact) mass is 639 g/mol. The van der Waals surface area contributed by atoms with Gasteiger partial charge in [-0.3, -0.25) is 14.9 Å². The van der Waals surface area contributed by atoms with Crippen LogP contribution in [0.3, 0.4) is 0 Å². The van der Waals surface area contributed by atoms with E-state index in [0.29, 0.717) is 35.8 Å². The van der Waals surface area contributed by atoms with Crippen LogP contribution in [0.15, 0.2) is 58.1 Å². The smallest absolute Gasteiger partial charge is 0.416 e. The van der Waals surface area contributed by atoms with Crippen molar-refractivity contribution in [1.82, 2.24) is 5.43 Å². The summed E-state index contributed by atoms with van der Waals surface area (Å²) in [5.74, 6) is 0.0839. The molecule has 0 radical (unpaired) electrons. The Labute approximate surface area is 241 Å². The Balaban J connectivity index is 1.83. The van der Waals surface area contributed by atoms with Crippen LogP contribution >= 0.6 is 15.9 Å². The molecule has 1 N–H and O–H groups in total. The number of hydrazone groups is 1. The van der Waals surface area contributed by atoms with Crippen LogP contribution < -0.4 is 24.4 Å². The number of alkyl halides is 3. The Morgan fingerprint density at radius 2 is 1.78 bits per heavy atom. The summed E-state index contributed by atoms with van der Waals surface area (Å²) in [7, 11) is 1.46. The number of methoxy groups -OCH3 is 1. The zero-order chi connectivity index (χ0) is 30.2. The van der Waals surface area contributed by atoms with E-state index in [1.54, 1.807) is 19.1 Å². The van der Waals surface area contributed by atoms with E-state index < -0.39 is 34.0 Å². The number of nitrogens with one attached hydrogen (secondary N) is 1. The molecule has 0 saturated heterocycles. The molecule has 0 spiro atoms. The van der Waals surface area contributed by atoms with Crippen LogP contribution in [0.4, 0.5) is 18.9 Å². The first kappa shape index (κ1) is 31.2. The van der Waals surface area contributed by atoms with Gasteiger partial charge in [0.1, 0.15) is 0 Å². The van der Waals surface area contributed by atoms with Gasteiger partial charge in [-0.15, -0.1) is 0 Å². The molecule has 0 aliphatic rings. The van der Waals surface area contributed by atoms with Gasteiger partial charge in [-0.2, -0.15) is 18.3 Å². The maximum Gasteiger partial charge on any atom is 0.416 e. The van der Waals surface area contributed by atoms with Gasteiger partial charge in [-0.05, 0) is 77.3 Å². The summed E-state index contributed by atoms with van der Waals surface area (Å²) in [6.45, 7) is 4.33. The summed E-state index contributed by atoms with van der Waals surface area (Å²) in [6.07, 6.45) is -2.63. The Bertz CT molecular complexity index is 1450. The quantitative estimate of drug-likeness (QED) is 0.127. The number of carbonyl (C=O) groups is 1. The van der Waals surface area contributed by atoms with Crippen molar-refractivity contribution in [3.05, 3.63) is 79.8 Å². The van der Waals surface area contributed by atoms with E-state index in [0.717, 1.165) is 12.5 Å². The summed E-state index contributed by atoms with van der Waals surface area (Å²) in [5, 5.41) is 15.4. The number of rotatable bonds is 12. The molecule has 10 nitrogen and oxygen atoms in total. The van der Waals surface area contributed by atoms with Crippen molar-refractivity contribution in [2.24, 2.45) is 5.10 Å². The Morgan fingerprint density at radius 3 is 2.41 bits per heavy atom. The third-order valence-corrected chi connectivity index (χ3v) is 5.88. The van der Waals surface area contributed by atoms with Crippen LogP contribution in [-0.4, -0.2) is 37.4 Å². The first-order valence-corrected chi connectivity index (χ1v) is 12.9. The minimum atomic E-state index is -4.77. The molecule has 0 fully saturated rings. The third kappa shape index (κ3) is 8.10. The second kappa shape index (κ2) is 13.8. The zero-order valence-electron chi connectivity index (χ0n) is 22.1. The number of nitrogens with zero attached hydrogens (tertiary/aromatic N) is 2. The number of ether oxygens (including phenoxy) is 4. The van der Waals surface area contributed by atoms with Gasteiger partial charge in [0.15, 0.2) is 23.0 Å². The minimum absolute atomic E-state index is 0.00614. The van der Waals surface area contributed by atoms with Crippen LogP contribution in [0.5, 0.6) is 28.7 Å². The number of nitro benzene ring substituents is 1. The highest BCUT2D eigenvalue weighted by Crippen LogP contribution is 2.43. The maximum atomic E-state index is 13.1. The van der Waals surface area contributed by atoms with Gasteiger partial charge in [0, 0.05) is 11.6 Å². The topological polar surface area (TPSA) is 122 Å². The third-order valence-electron chi connectivity index (χ3n) is 5.29. The summed E-state index contributed by atoms with van der Waals surface area (Å²) in [5.41, 5.74) is 1.07. The minimum Gasteiger partial charge on any atom is -0.493 e. The lowest BCUT2D eigenvalue weighted by Crippen LogP contribution is -2.17. The molecular weight excluding hydrogens is 615 g/mol. The van der Waals surface area contributed by atoms with Gasteiger partial charge in [0.25, 0.3) is 5.91 Å². The average Bonchev–Trinajstić information content (AvgIpc) is 2.93. The van der Waals surface area contributed by atoms with E-state index in [1.807, 2.05) is 6.92 Å². The molecule has 0 unspecified atom stereocenters. The van der Waals surface area contributed by atoms with Gasteiger partial charge >= 0.3 is 11.9 Å². The van der Waals surface area contributed by atoms with Crippen molar-refractivity contribution in [1.29, 1.82) is 0 Å². The molecular formula is C27H25BrF3N3O7. The van der Waals surface area contributed by atoms with Gasteiger partial charge in [-0.1, -0.05) is 6.92 Å². The fraction of sp³-hybridized carbons (Fsp3) is 0.259. The van der Waals surface area contributed by atoms with Gasteiger partial charge in [0.2, 0.25) is 5.75 Å². The predicted molar refractivity (Wildman–Crippen MR) is 147 cm³/mol. The number of hydrogen-bond donors (Lipinski definition) is 1. The van der Waals surface area contributed by atoms with E-state index in [1.165, 1.54) is 31.5 Å². The van der Waals surface area contributed by atoms with Crippen LogP contribution in [0.25, 0.3) is 0 Å². The van der Waals surface area contributed by atoms with Crippen LogP contribution in [0, 0.1) is 10.1 Å². The van der Waals surface area contributed by atoms with E-state index in [9.17, 15) is 28.1 Å². The number of amides is 1. The van der Waals surface area contributed by atoms with E-state index in [-0.39, 0.29) is 28.1 Å². The van der Waals surface area contributed by atoms with Crippen LogP contribution in [-0.2, 0) is 6.18 Å². The number of halogens is 4. The summed E-state index contributed by atoms with van der Waals surface area (Å²) in [4.78, 5) is 23.1.